The second kappa shape index (κ2) is 3.86. The fourth-order valence-electron chi connectivity index (χ4n) is 2.36. The Bertz CT molecular complexity index is 206. The average Bonchev–Trinajstić information content (AvgIpc) is 2.95. The van der Waals surface area contributed by atoms with Gasteiger partial charge in [0.25, 0.3) is 0 Å². The molecule has 1 aliphatic carbocycles. The van der Waals surface area contributed by atoms with Gasteiger partial charge in [0.05, 0.1) is 0 Å². The summed E-state index contributed by atoms with van der Waals surface area (Å²) in [5.74, 6) is 0.817. The summed E-state index contributed by atoms with van der Waals surface area (Å²) in [5.41, 5.74) is 3.95. The summed E-state index contributed by atoms with van der Waals surface area (Å²) in [6.45, 7) is 11.6. The van der Waals surface area contributed by atoms with Crippen molar-refractivity contribution in [3.05, 3.63) is 11.1 Å². The summed E-state index contributed by atoms with van der Waals surface area (Å²) < 4.78 is 0. The molecule has 0 spiro atoms. The molecule has 0 heterocycles. The van der Waals surface area contributed by atoms with E-state index in [9.17, 15) is 0 Å². The van der Waals surface area contributed by atoms with Gasteiger partial charge in [0.1, 0.15) is 0 Å². The number of hydrogen-bond donors (Lipinski definition) is 0. The van der Waals surface area contributed by atoms with E-state index >= 15 is 0 Å². The van der Waals surface area contributed by atoms with Crippen LogP contribution >= 0.6 is 0 Å². The van der Waals surface area contributed by atoms with Crippen molar-refractivity contribution in [3.63, 3.8) is 0 Å². The van der Waals surface area contributed by atoms with E-state index in [1.54, 1.807) is 11.1 Å². The molecule has 0 saturated heterocycles. The van der Waals surface area contributed by atoms with E-state index in [2.05, 4.69) is 34.6 Å². The molecule has 13 heavy (non-hydrogen) atoms. The first-order valence-electron chi connectivity index (χ1n) is 5.73. The highest BCUT2D eigenvalue weighted by atomic mass is 14.5. The van der Waals surface area contributed by atoms with Crippen molar-refractivity contribution >= 4 is 0 Å². The molecule has 1 unspecified atom stereocenters. The topological polar surface area (TPSA) is 0 Å². The molecule has 0 aliphatic heterocycles. The molecule has 0 nitrogen and oxygen atoms in total. The Morgan fingerprint density at radius 2 is 1.77 bits per heavy atom. The minimum Gasteiger partial charge on any atom is -0.0744 e. The van der Waals surface area contributed by atoms with E-state index in [0.29, 0.717) is 5.41 Å². The largest absolute Gasteiger partial charge is 0.0744 e. The van der Waals surface area contributed by atoms with Crippen LogP contribution in [0.4, 0.5) is 0 Å². The Morgan fingerprint density at radius 3 is 2.08 bits per heavy atom. The average molecular weight is 180 g/mol. The zero-order valence-electron chi connectivity index (χ0n) is 9.91. The lowest BCUT2D eigenvalue weighted by Crippen LogP contribution is -2.13. The summed E-state index contributed by atoms with van der Waals surface area (Å²) in [6.07, 6.45) is 5.50. The third-order valence-corrected chi connectivity index (χ3v) is 4.37. The minimum atomic E-state index is 0.695. The molecule has 0 amide bonds. The monoisotopic (exact) mass is 180 g/mol. The Labute approximate surface area is 83.4 Å². The van der Waals surface area contributed by atoms with Gasteiger partial charge in [-0.1, -0.05) is 31.9 Å². The Hall–Kier alpha value is -0.260. The van der Waals surface area contributed by atoms with Crippen LogP contribution in [0.3, 0.4) is 0 Å². The quantitative estimate of drug-likeness (QED) is 0.556. The number of hydrogen-bond acceptors (Lipinski definition) is 0. The molecule has 1 aliphatic rings. The SMILES string of the molecule is CCC(C)=C(C)C(C)C1(CC)CC1. The molecule has 0 radical (unpaired) electrons. The van der Waals surface area contributed by atoms with Crippen LogP contribution in [0.2, 0.25) is 0 Å². The Balaban J connectivity index is 2.72. The van der Waals surface area contributed by atoms with Gasteiger partial charge in [0, 0.05) is 0 Å². The number of rotatable bonds is 4. The summed E-state index contributed by atoms with van der Waals surface area (Å²) in [7, 11) is 0. The summed E-state index contributed by atoms with van der Waals surface area (Å²) in [5, 5.41) is 0. The highest BCUT2D eigenvalue weighted by Crippen LogP contribution is 2.56. The first kappa shape index (κ1) is 10.8. The zero-order chi connectivity index (χ0) is 10.1. The number of allylic oxidation sites excluding steroid dienone is 2. The highest BCUT2D eigenvalue weighted by molar-refractivity contribution is 5.18. The highest BCUT2D eigenvalue weighted by Gasteiger charge is 2.45. The predicted molar refractivity (Wildman–Crippen MR) is 59.8 cm³/mol. The molecule has 76 valence electrons. The maximum absolute atomic E-state index is 2.42. The van der Waals surface area contributed by atoms with E-state index in [0.717, 1.165) is 5.92 Å². The molecule has 0 N–H and O–H groups in total. The van der Waals surface area contributed by atoms with Crippen LogP contribution in [0, 0.1) is 11.3 Å². The van der Waals surface area contributed by atoms with Crippen molar-refractivity contribution in [2.75, 3.05) is 0 Å². The normalized spacial score (nSPS) is 23.8. The van der Waals surface area contributed by atoms with Gasteiger partial charge < -0.3 is 0 Å². The lowest BCUT2D eigenvalue weighted by molar-refractivity contribution is 0.363. The molecule has 1 rings (SSSR count). The molecular formula is C13H24. The second-order valence-corrected chi connectivity index (χ2v) is 4.75. The van der Waals surface area contributed by atoms with Gasteiger partial charge in [-0.15, -0.1) is 0 Å². The third kappa shape index (κ3) is 1.98. The maximum Gasteiger partial charge on any atom is -0.0175 e. The van der Waals surface area contributed by atoms with Crippen LogP contribution in [0.25, 0.3) is 0 Å². The molecular weight excluding hydrogens is 156 g/mol. The van der Waals surface area contributed by atoms with Crippen LogP contribution in [-0.4, -0.2) is 0 Å². The fraction of sp³-hybridized carbons (Fsp3) is 0.846. The predicted octanol–water partition coefficient (Wildman–Crippen LogP) is 4.56. The molecule has 0 aromatic rings. The van der Waals surface area contributed by atoms with Crippen molar-refractivity contribution in [3.8, 4) is 0 Å². The standard InChI is InChI=1S/C13H24/c1-6-10(3)11(4)12(5)13(7-2)8-9-13/h12H,6-9H2,1-5H3. The van der Waals surface area contributed by atoms with Crippen LogP contribution in [0.5, 0.6) is 0 Å². The van der Waals surface area contributed by atoms with E-state index in [-0.39, 0.29) is 0 Å². The lowest BCUT2D eigenvalue weighted by Gasteiger charge is -2.24. The van der Waals surface area contributed by atoms with Crippen molar-refractivity contribution in [1.82, 2.24) is 0 Å². The van der Waals surface area contributed by atoms with Gasteiger partial charge in [-0.05, 0) is 50.9 Å². The minimum absolute atomic E-state index is 0.695. The first-order valence-corrected chi connectivity index (χ1v) is 5.73. The van der Waals surface area contributed by atoms with Gasteiger partial charge in [0.2, 0.25) is 0 Å². The van der Waals surface area contributed by atoms with Crippen LogP contribution < -0.4 is 0 Å². The van der Waals surface area contributed by atoms with Gasteiger partial charge in [-0.25, -0.2) is 0 Å². The summed E-state index contributed by atoms with van der Waals surface area (Å²) in [4.78, 5) is 0. The van der Waals surface area contributed by atoms with Gasteiger partial charge >= 0.3 is 0 Å². The second-order valence-electron chi connectivity index (χ2n) is 4.75. The molecule has 0 bridgehead atoms. The summed E-state index contributed by atoms with van der Waals surface area (Å²) in [6, 6.07) is 0. The third-order valence-electron chi connectivity index (χ3n) is 4.37. The van der Waals surface area contributed by atoms with Crippen molar-refractivity contribution < 1.29 is 0 Å². The van der Waals surface area contributed by atoms with Crippen LogP contribution in [-0.2, 0) is 0 Å². The van der Waals surface area contributed by atoms with Gasteiger partial charge in [-0.2, -0.15) is 0 Å². The van der Waals surface area contributed by atoms with E-state index < -0.39 is 0 Å². The summed E-state index contributed by atoms with van der Waals surface area (Å²) >= 11 is 0. The lowest BCUT2D eigenvalue weighted by atomic mass is 9.81. The molecule has 1 saturated carbocycles. The van der Waals surface area contributed by atoms with Crippen molar-refractivity contribution in [2.45, 2.75) is 60.3 Å². The Morgan fingerprint density at radius 1 is 1.23 bits per heavy atom. The Kier molecular flexibility index (Phi) is 3.21. The van der Waals surface area contributed by atoms with Gasteiger partial charge in [-0.3, -0.25) is 0 Å². The van der Waals surface area contributed by atoms with Gasteiger partial charge in [0.15, 0.2) is 0 Å². The molecule has 0 aromatic heterocycles. The fourth-order valence-corrected chi connectivity index (χ4v) is 2.36. The first-order chi connectivity index (χ1) is 6.07. The van der Waals surface area contributed by atoms with E-state index in [1.165, 1.54) is 25.7 Å². The molecule has 1 fully saturated rings. The van der Waals surface area contributed by atoms with E-state index in [1.807, 2.05) is 0 Å². The van der Waals surface area contributed by atoms with Crippen molar-refractivity contribution in [1.29, 1.82) is 0 Å². The van der Waals surface area contributed by atoms with Crippen molar-refractivity contribution in [2.24, 2.45) is 11.3 Å². The maximum atomic E-state index is 2.42. The zero-order valence-corrected chi connectivity index (χ0v) is 9.91. The van der Waals surface area contributed by atoms with E-state index in [4.69, 9.17) is 0 Å². The van der Waals surface area contributed by atoms with Crippen LogP contribution in [0.15, 0.2) is 11.1 Å². The molecule has 1 atom stereocenters. The molecule has 0 aromatic carbocycles. The smallest absolute Gasteiger partial charge is 0.0175 e. The molecule has 0 heteroatoms. The van der Waals surface area contributed by atoms with Crippen LogP contribution in [0.1, 0.15) is 60.3 Å².